The highest BCUT2D eigenvalue weighted by Gasteiger charge is 2.31. The van der Waals surface area contributed by atoms with Crippen LogP contribution in [0.5, 0.6) is 5.75 Å². The number of aromatic nitrogens is 1. The standard InChI is InChI=1S/C32H30F2N4O/c1-19-8-22(10-24(33)9-19)29-16-37-30-7-6-21(27-13-25(34)11-23(14-35)32(27)39)12-28(30)31(29)38-17-20(18-38)15-36-26-4-2-3-5-26/h6-13,16,20,26,36,39H,2-5,15,17-18H2,1H3. The number of nitrogens with one attached hydrogen (secondary N) is 1. The van der Waals surface area contributed by atoms with E-state index in [1.54, 1.807) is 12.3 Å². The van der Waals surface area contributed by atoms with Gasteiger partial charge in [-0.2, -0.15) is 5.26 Å². The van der Waals surface area contributed by atoms with Gasteiger partial charge in [0.25, 0.3) is 0 Å². The highest BCUT2D eigenvalue weighted by atomic mass is 19.1. The number of nitrogens with zero attached hydrogens (tertiary/aromatic N) is 3. The summed E-state index contributed by atoms with van der Waals surface area (Å²) in [7, 11) is 0. The van der Waals surface area contributed by atoms with Crippen LogP contribution in [0.1, 0.15) is 36.8 Å². The molecule has 2 N–H and O–H groups in total. The number of anilines is 1. The Morgan fingerprint density at radius 1 is 1.00 bits per heavy atom. The van der Waals surface area contributed by atoms with Crippen molar-refractivity contribution in [3.05, 3.63) is 77.5 Å². The Hall–Kier alpha value is -4.02. The highest BCUT2D eigenvalue weighted by molar-refractivity contribution is 6.02. The minimum absolute atomic E-state index is 0.118. The summed E-state index contributed by atoms with van der Waals surface area (Å²) in [5, 5.41) is 24.6. The van der Waals surface area contributed by atoms with Crippen molar-refractivity contribution < 1.29 is 13.9 Å². The molecule has 0 radical (unpaired) electrons. The van der Waals surface area contributed by atoms with Crippen LogP contribution < -0.4 is 10.2 Å². The minimum atomic E-state index is -0.595. The second kappa shape index (κ2) is 10.3. The number of rotatable bonds is 6. The van der Waals surface area contributed by atoms with E-state index in [9.17, 15) is 19.1 Å². The van der Waals surface area contributed by atoms with Crippen molar-refractivity contribution in [3.63, 3.8) is 0 Å². The van der Waals surface area contributed by atoms with Gasteiger partial charge >= 0.3 is 0 Å². The second-order valence-electron chi connectivity index (χ2n) is 10.9. The van der Waals surface area contributed by atoms with E-state index in [-0.39, 0.29) is 22.7 Å². The monoisotopic (exact) mass is 524 g/mol. The first-order valence-electron chi connectivity index (χ1n) is 13.5. The zero-order valence-electron chi connectivity index (χ0n) is 21.8. The topological polar surface area (TPSA) is 72.2 Å². The van der Waals surface area contributed by atoms with Gasteiger partial charge in [-0.05, 0) is 72.9 Å². The zero-order chi connectivity index (χ0) is 27.1. The van der Waals surface area contributed by atoms with E-state index in [1.165, 1.54) is 43.9 Å². The van der Waals surface area contributed by atoms with Gasteiger partial charge < -0.3 is 15.3 Å². The van der Waals surface area contributed by atoms with Crippen LogP contribution in [0.4, 0.5) is 14.5 Å². The molecule has 0 unspecified atom stereocenters. The molecule has 6 rings (SSSR count). The van der Waals surface area contributed by atoms with Crippen LogP contribution in [0.2, 0.25) is 0 Å². The lowest BCUT2D eigenvalue weighted by molar-refractivity contribution is 0.362. The van der Waals surface area contributed by atoms with Crippen molar-refractivity contribution in [2.24, 2.45) is 5.92 Å². The SMILES string of the molecule is Cc1cc(F)cc(-c2cnc3ccc(-c4cc(F)cc(C#N)c4O)cc3c2N2CC(CNC3CCCC3)C2)c1. The van der Waals surface area contributed by atoms with Gasteiger partial charge in [0, 0.05) is 54.3 Å². The fraction of sp³-hybridized carbons (Fsp3) is 0.312. The van der Waals surface area contributed by atoms with Crippen molar-refractivity contribution in [3.8, 4) is 34.1 Å². The smallest absolute Gasteiger partial charge is 0.141 e. The lowest BCUT2D eigenvalue weighted by Gasteiger charge is -2.43. The first-order chi connectivity index (χ1) is 18.9. The van der Waals surface area contributed by atoms with Gasteiger partial charge in [0.2, 0.25) is 0 Å². The number of phenolic OH excluding ortho intramolecular Hbond substituents is 1. The highest BCUT2D eigenvalue weighted by Crippen LogP contribution is 2.42. The third kappa shape index (κ3) is 4.93. The zero-order valence-corrected chi connectivity index (χ0v) is 21.8. The molecule has 1 aliphatic heterocycles. The molecule has 198 valence electrons. The summed E-state index contributed by atoms with van der Waals surface area (Å²) in [4.78, 5) is 6.99. The maximum atomic E-state index is 14.5. The normalized spacial score (nSPS) is 16.0. The summed E-state index contributed by atoms with van der Waals surface area (Å²) in [6, 6.07) is 15.2. The summed E-state index contributed by atoms with van der Waals surface area (Å²) >= 11 is 0. The number of aryl methyl sites for hydroxylation is 1. The number of halogens is 2. The van der Waals surface area contributed by atoms with E-state index in [0.717, 1.165) is 59.0 Å². The average molecular weight is 525 g/mol. The predicted molar refractivity (Wildman–Crippen MR) is 150 cm³/mol. The molecule has 4 aromatic rings. The first kappa shape index (κ1) is 25.3. The van der Waals surface area contributed by atoms with Crippen molar-refractivity contribution in [2.45, 2.75) is 38.6 Å². The van der Waals surface area contributed by atoms with Gasteiger partial charge in [-0.15, -0.1) is 0 Å². The molecule has 0 amide bonds. The number of phenols is 1. The number of pyridine rings is 1. The van der Waals surface area contributed by atoms with E-state index in [0.29, 0.717) is 17.5 Å². The van der Waals surface area contributed by atoms with Crippen LogP contribution in [0, 0.1) is 35.8 Å². The molecule has 0 bridgehead atoms. The van der Waals surface area contributed by atoms with Gasteiger partial charge in [-0.1, -0.05) is 25.0 Å². The van der Waals surface area contributed by atoms with Crippen molar-refractivity contribution >= 4 is 16.6 Å². The molecule has 39 heavy (non-hydrogen) atoms. The largest absolute Gasteiger partial charge is 0.506 e. The molecule has 0 spiro atoms. The van der Waals surface area contributed by atoms with Gasteiger partial charge in [-0.3, -0.25) is 4.98 Å². The van der Waals surface area contributed by atoms with E-state index in [2.05, 4.69) is 15.2 Å². The fourth-order valence-electron chi connectivity index (χ4n) is 6.04. The number of fused-ring (bicyclic) bond motifs is 1. The average Bonchev–Trinajstić information content (AvgIpc) is 3.41. The first-order valence-corrected chi connectivity index (χ1v) is 13.5. The molecule has 1 saturated heterocycles. The van der Waals surface area contributed by atoms with Crippen molar-refractivity contribution in [2.75, 3.05) is 24.5 Å². The van der Waals surface area contributed by atoms with E-state index >= 15 is 0 Å². The summed E-state index contributed by atoms with van der Waals surface area (Å²) in [6.45, 7) is 4.55. The van der Waals surface area contributed by atoms with Gasteiger partial charge in [0.15, 0.2) is 0 Å². The third-order valence-electron chi connectivity index (χ3n) is 8.02. The lowest BCUT2D eigenvalue weighted by Crippen LogP contribution is -2.52. The third-order valence-corrected chi connectivity index (χ3v) is 8.02. The fourth-order valence-corrected chi connectivity index (χ4v) is 6.04. The molecule has 2 fully saturated rings. The molecular weight excluding hydrogens is 494 g/mol. The number of nitriles is 1. The molecule has 7 heteroatoms. The number of hydrogen-bond donors (Lipinski definition) is 2. The van der Waals surface area contributed by atoms with Crippen LogP contribution in [0.15, 0.2) is 54.7 Å². The minimum Gasteiger partial charge on any atom is -0.506 e. The maximum absolute atomic E-state index is 14.5. The summed E-state index contributed by atoms with van der Waals surface area (Å²) in [5.41, 5.74) is 4.78. The Morgan fingerprint density at radius 2 is 1.77 bits per heavy atom. The van der Waals surface area contributed by atoms with Crippen molar-refractivity contribution in [1.82, 2.24) is 10.3 Å². The number of benzene rings is 3. The van der Waals surface area contributed by atoms with Crippen LogP contribution >= 0.6 is 0 Å². The van der Waals surface area contributed by atoms with Crippen molar-refractivity contribution in [1.29, 1.82) is 5.26 Å². The van der Waals surface area contributed by atoms with Gasteiger partial charge in [0.05, 0.1) is 16.8 Å². The maximum Gasteiger partial charge on any atom is 0.141 e. The molecular formula is C32H30F2N4O. The Balaban J connectivity index is 1.43. The Bertz CT molecular complexity index is 1580. The Labute approximate surface area is 226 Å². The Morgan fingerprint density at radius 3 is 2.51 bits per heavy atom. The molecule has 3 aromatic carbocycles. The molecule has 0 atom stereocenters. The molecule has 1 aliphatic carbocycles. The lowest BCUT2D eigenvalue weighted by atomic mass is 9.92. The van der Waals surface area contributed by atoms with Crippen LogP contribution in [0.3, 0.4) is 0 Å². The van der Waals surface area contributed by atoms with Gasteiger partial charge in [0.1, 0.15) is 23.5 Å². The molecule has 2 heterocycles. The van der Waals surface area contributed by atoms with E-state index in [1.807, 2.05) is 31.2 Å². The van der Waals surface area contributed by atoms with Crippen LogP contribution in [-0.2, 0) is 0 Å². The predicted octanol–water partition coefficient (Wildman–Crippen LogP) is 6.70. The van der Waals surface area contributed by atoms with E-state index in [4.69, 9.17) is 0 Å². The molecule has 1 saturated carbocycles. The van der Waals surface area contributed by atoms with Crippen LogP contribution in [-0.4, -0.2) is 35.8 Å². The van der Waals surface area contributed by atoms with E-state index < -0.39 is 5.82 Å². The summed E-state index contributed by atoms with van der Waals surface area (Å²) in [5.74, 6) is -0.654. The quantitative estimate of drug-likeness (QED) is 0.294. The van der Waals surface area contributed by atoms with Gasteiger partial charge in [-0.25, -0.2) is 8.78 Å². The summed E-state index contributed by atoms with van der Waals surface area (Å²) in [6.07, 6.45) is 6.89. The second-order valence-corrected chi connectivity index (χ2v) is 10.9. The molecule has 1 aromatic heterocycles. The summed E-state index contributed by atoms with van der Waals surface area (Å²) < 4.78 is 28.8. The van der Waals surface area contributed by atoms with Crippen LogP contribution in [0.25, 0.3) is 33.2 Å². The molecule has 5 nitrogen and oxygen atoms in total. The Kier molecular flexibility index (Phi) is 6.66. The molecule has 2 aliphatic rings. The number of hydrogen-bond acceptors (Lipinski definition) is 5. The number of aromatic hydroxyl groups is 1.